The monoisotopic (exact) mass is 389 g/mol. The number of benzene rings is 2. The van der Waals surface area contributed by atoms with Crippen molar-refractivity contribution in [2.75, 3.05) is 0 Å². The molecule has 5 heteroatoms. The molecule has 142 valence electrons. The predicted octanol–water partition coefficient (Wildman–Crippen LogP) is 4.93. The van der Waals surface area contributed by atoms with Gasteiger partial charge in [0.1, 0.15) is 11.3 Å². The minimum Gasteiger partial charge on any atom is -0.477 e. The van der Waals surface area contributed by atoms with Gasteiger partial charge >= 0.3 is 5.97 Å². The number of hydrogen-bond donors (Lipinski definition) is 1. The molecule has 0 aliphatic heterocycles. The van der Waals surface area contributed by atoms with Gasteiger partial charge in [-0.1, -0.05) is 87.5 Å². The lowest BCUT2D eigenvalue weighted by Gasteiger charge is -2.37. The van der Waals surface area contributed by atoms with Crippen molar-refractivity contribution >= 4 is 15.7 Å². The molecule has 0 saturated carbocycles. The Morgan fingerprint density at radius 3 is 1.86 bits per heavy atom. The number of hydrogen-bond acceptors (Lipinski definition) is 3. The highest BCUT2D eigenvalue weighted by Crippen LogP contribution is 2.41. The van der Waals surface area contributed by atoms with E-state index in [1.54, 1.807) is 6.07 Å². The summed E-state index contributed by atoms with van der Waals surface area (Å²) < 4.78 is 6.66. The lowest BCUT2D eigenvalue weighted by atomic mass is 9.83. The molecule has 0 aliphatic carbocycles. The fraction of sp³-hybridized carbons (Fsp3) is 0.217. The van der Waals surface area contributed by atoms with Crippen LogP contribution in [0.25, 0.3) is 0 Å². The molecule has 0 fully saturated rings. The SMILES string of the molecule is CC(C)(C)[Si]OC(c1ccccc1)(c1ccccc1)c1cccc(C(=O)O)n1. The Kier molecular flexibility index (Phi) is 5.77. The van der Waals surface area contributed by atoms with E-state index in [0.717, 1.165) is 11.1 Å². The van der Waals surface area contributed by atoms with Crippen molar-refractivity contribution in [1.82, 2.24) is 4.98 Å². The Morgan fingerprint density at radius 1 is 0.857 bits per heavy atom. The van der Waals surface area contributed by atoms with Crippen molar-refractivity contribution in [3.8, 4) is 0 Å². The van der Waals surface area contributed by atoms with Gasteiger partial charge in [0.2, 0.25) is 9.76 Å². The molecule has 0 aliphatic rings. The standard InChI is InChI=1S/C23H23NO3Si/c1-22(2,3)28-27-23(17-11-6-4-7-12-17,18-13-8-5-9-14-18)20-16-10-15-19(24-20)21(25)26/h4-16H,1-3H3,(H,25,26). The summed E-state index contributed by atoms with van der Waals surface area (Å²) in [6.07, 6.45) is 0. The summed E-state index contributed by atoms with van der Waals surface area (Å²) in [5, 5.41) is 9.42. The van der Waals surface area contributed by atoms with Gasteiger partial charge in [0.15, 0.2) is 0 Å². The predicted molar refractivity (Wildman–Crippen MR) is 111 cm³/mol. The van der Waals surface area contributed by atoms with Crippen LogP contribution in [0.4, 0.5) is 0 Å². The summed E-state index contributed by atoms with van der Waals surface area (Å²) in [6.45, 7) is 6.36. The summed E-state index contributed by atoms with van der Waals surface area (Å²) in [6, 6.07) is 24.8. The first-order valence-electron chi connectivity index (χ1n) is 9.10. The largest absolute Gasteiger partial charge is 0.477 e. The lowest BCUT2D eigenvalue weighted by molar-refractivity contribution is 0.0688. The second-order valence-electron chi connectivity index (χ2n) is 7.58. The Bertz CT molecular complexity index is 897. The highest BCUT2D eigenvalue weighted by molar-refractivity contribution is 6.32. The zero-order valence-electron chi connectivity index (χ0n) is 16.2. The Labute approximate surface area is 168 Å². The molecule has 0 spiro atoms. The molecule has 0 bridgehead atoms. The van der Waals surface area contributed by atoms with Gasteiger partial charge in [-0.25, -0.2) is 9.78 Å². The van der Waals surface area contributed by atoms with E-state index in [-0.39, 0.29) is 20.5 Å². The summed E-state index contributed by atoms with van der Waals surface area (Å²) in [5.41, 5.74) is 1.37. The van der Waals surface area contributed by atoms with Gasteiger partial charge in [0.05, 0.1) is 5.69 Å². The third-order valence-electron chi connectivity index (χ3n) is 4.20. The van der Waals surface area contributed by atoms with E-state index in [1.165, 1.54) is 6.07 Å². The highest BCUT2D eigenvalue weighted by Gasteiger charge is 2.40. The minimum absolute atomic E-state index is 0.00331. The first kappa shape index (κ1) is 20.0. The second-order valence-corrected chi connectivity index (χ2v) is 9.49. The first-order valence-corrected chi connectivity index (χ1v) is 10.0. The van der Waals surface area contributed by atoms with Crippen LogP contribution in [-0.2, 0) is 10.0 Å². The van der Waals surface area contributed by atoms with Crippen LogP contribution in [0.15, 0.2) is 78.9 Å². The topological polar surface area (TPSA) is 59.4 Å². The van der Waals surface area contributed by atoms with Gasteiger partial charge in [-0.05, 0) is 28.3 Å². The number of rotatable bonds is 6. The van der Waals surface area contributed by atoms with Gasteiger partial charge in [0.25, 0.3) is 0 Å². The molecule has 2 radical (unpaired) electrons. The smallest absolute Gasteiger partial charge is 0.354 e. The van der Waals surface area contributed by atoms with Crippen LogP contribution in [-0.4, -0.2) is 25.8 Å². The van der Waals surface area contributed by atoms with Gasteiger partial charge in [-0.2, -0.15) is 0 Å². The number of carboxylic acids is 1. The maximum atomic E-state index is 11.6. The molecule has 28 heavy (non-hydrogen) atoms. The van der Waals surface area contributed by atoms with Gasteiger partial charge in [-0.3, -0.25) is 0 Å². The molecule has 0 unspecified atom stereocenters. The van der Waals surface area contributed by atoms with Crippen LogP contribution < -0.4 is 0 Å². The summed E-state index contributed by atoms with van der Waals surface area (Å²) in [4.78, 5) is 16.0. The van der Waals surface area contributed by atoms with Crippen molar-refractivity contribution < 1.29 is 14.3 Å². The number of pyridine rings is 1. The van der Waals surface area contributed by atoms with Gasteiger partial charge in [-0.15, -0.1) is 0 Å². The van der Waals surface area contributed by atoms with Crippen LogP contribution in [0.5, 0.6) is 0 Å². The van der Waals surface area contributed by atoms with E-state index in [2.05, 4.69) is 25.8 Å². The molecule has 1 aromatic heterocycles. The molecule has 3 aromatic rings. The molecule has 0 saturated heterocycles. The maximum Gasteiger partial charge on any atom is 0.354 e. The molecule has 4 nitrogen and oxygen atoms in total. The molecule has 0 atom stereocenters. The Balaban J connectivity index is 2.30. The van der Waals surface area contributed by atoms with Crippen molar-refractivity contribution in [3.63, 3.8) is 0 Å². The van der Waals surface area contributed by atoms with Crippen LogP contribution in [0.1, 0.15) is 48.1 Å². The van der Waals surface area contributed by atoms with E-state index in [9.17, 15) is 9.90 Å². The van der Waals surface area contributed by atoms with Crippen molar-refractivity contribution in [1.29, 1.82) is 0 Å². The average molecular weight is 390 g/mol. The van der Waals surface area contributed by atoms with Crippen molar-refractivity contribution in [2.24, 2.45) is 0 Å². The number of nitrogens with zero attached hydrogens (tertiary/aromatic N) is 1. The van der Waals surface area contributed by atoms with Crippen molar-refractivity contribution in [2.45, 2.75) is 31.4 Å². The molecule has 0 amide bonds. The Hall–Kier alpha value is -2.76. The summed E-state index contributed by atoms with van der Waals surface area (Å²) in [7, 11) is 0.173. The fourth-order valence-electron chi connectivity index (χ4n) is 2.96. The van der Waals surface area contributed by atoms with Gasteiger partial charge < -0.3 is 9.53 Å². The molecular weight excluding hydrogens is 366 g/mol. The number of carboxylic acid groups (broad SMARTS) is 1. The molecular formula is C23H23NO3Si. The third kappa shape index (κ3) is 4.21. The van der Waals surface area contributed by atoms with E-state index in [1.807, 2.05) is 66.7 Å². The van der Waals surface area contributed by atoms with Crippen LogP contribution in [0.2, 0.25) is 5.04 Å². The first-order chi connectivity index (χ1) is 13.3. The van der Waals surface area contributed by atoms with Crippen LogP contribution >= 0.6 is 0 Å². The summed E-state index contributed by atoms with van der Waals surface area (Å²) >= 11 is 0. The second kappa shape index (κ2) is 8.08. The lowest BCUT2D eigenvalue weighted by Crippen LogP contribution is -2.37. The van der Waals surface area contributed by atoms with E-state index in [4.69, 9.17) is 4.43 Å². The van der Waals surface area contributed by atoms with E-state index < -0.39 is 11.6 Å². The van der Waals surface area contributed by atoms with Crippen LogP contribution in [0, 0.1) is 0 Å². The van der Waals surface area contributed by atoms with Crippen molar-refractivity contribution in [3.05, 3.63) is 101 Å². The molecule has 3 rings (SSSR count). The van der Waals surface area contributed by atoms with E-state index >= 15 is 0 Å². The number of carbonyl (C=O) groups is 1. The molecule has 1 N–H and O–H groups in total. The number of aromatic nitrogens is 1. The highest BCUT2D eigenvalue weighted by atomic mass is 28.2. The zero-order chi connectivity index (χ0) is 20.2. The minimum atomic E-state index is -1.06. The maximum absolute atomic E-state index is 11.6. The summed E-state index contributed by atoms with van der Waals surface area (Å²) in [5.74, 6) is -1.06. The fourth-order valence-corrected chi connectivity index (χ4v) is 3.76. The normalized spacial score (nSPS) is 12.0. The van der Waals surface area contributed by atoms with Gasteiger partial charge in [0, 0.05) is 0 Å². The number of aromatic carboxylic acids is 1. The molecule has 1 heterocycles. The Morgan fingerprint density at radius 2 is 1.39 bits per heavy atom. The van der Waals surface area contributed by atoms with E-state index in [0.29, 0.717) is 5.69 Å². The third-order valence-corrected chi connectivity index (χ3v) is 5.22. The van der Waals surface area contributed by atoms with Crippen LogP contribution in [0.3, 0.4) is 0 Å². The molecule has 2 aromatic carbocycles. The quantitative estimate of drug-likeness (QED) is 0.608. The zero-order valence-corrected chi connectivity index (χ0v) is 17.2. The average Bonchev–Trinajstić information content (AvgIpc) is 2.69.